The highest BCUT2D eigenvalue weighted by molar-refractivity contribution is 7.15. The van der Waals surface area contributed by atoms with Gasteiger partial charge in [0.05, 0.1) is 9.75 Å². The number of carbonyl (C=O) groups is 2. The Bertz CT molecular complexity index is 703. The number of hydrogen-bond donors (Lipinski definition) is 1. The molecule has 6 heteroatoms. The third-order valence-electron chi connectivity index (χ3n) is 2.94. The fourth-order valence-electron chi connectivity index (χ4n) is 1.83. The molecule has 2 heterocycles. The maximum absolute atomic E-state index is 11.9. The van der Waals surface area contributed by atoms with Gasteiger partial charge in [0, 0.05) is 25.4 Å². The van der Waals surface area contributed by atoms with Gasteiger partial charge < -0.3 is 9.88 Å². The Morgan fingerprint density at radius 3 is 2.62 bits per heavy atom. The van der Waals surface area contributed by atoms with Crippen LogP contribution in [0.1, 0.15) is 32.7 Å². The topological polar surface area (TPSA) is 68.2 Å². The van der Waals surface area contributed by atoms with Crippen LogP contribution in [0.2, 0.25) is 0 Å². The molecule has 0 spiro atoms. The summed E-state index contributed by atoms with van der Waals surface area (Å²) in [5, 5.41) is 2.79. The van der Waals surface area contributed by atoms with Crippen LogP contribution in [-0.4, -0.2) is 22.8 Å². The summed E-state index contributed by atoms with van der Waals surface area (Å²) in [7, 11) is 0. The van der Waals surface area contributed by atoms with Gasteiger partial charge in [0.1, 0.15) is 0 Å². The molecule has 0 fully saturated rings. The number of hydrogen-bond acceptors (Lipinski definition) is 4. The molecule has 5 nitrogen and oxygen atoms in total. The van der Waals surface area contributed by atoms with Crippen molar-refractivity contribution in [3.8, 4) is 0 Å². The molecular weight excluding hydrogens is 288 g/mol. The first-order valence-corrected chi connectivity index (χ1v) is 7.44. The van der Waals surface area contributed by atoms with E-state index in [0.717, 1.165) is 0 Å². The average Bonchev–Trinajstić information content (AvgIpc) is 2.95. The lowest BCUT2D eigenvalue weighted by atomic mass is 10.3. The van der Waals surface area contributed by atoms with E-state index in [9.17, 15) is 14.4 Å². The molecule has 0 aromatic carbocycles. The normalized spacial score (nSPS) is 10.3. The van der Waals surface area contributed by atoms with Crippen LogP contribution in [0.15, 0.2) is 41.3 Å². The van der Waals surface area contributed by atoms with Gasteiger partial charge in [-0.1, -0.05) is 6.07 Å². The van der Waals surface area contributed by atoms with Crippen molar-refractivity contribution in [3.05, 3.63) is 56.6 Å². The van der Waals surface area contributed by atoms with E-state index >= 15 is 0 Å². The van der Waals surface area contributed by atoms with Gasteiger partial charge in [0.25, 0.3) is 5.91 Å². The summed E-state index contributed by atoms with van der Waals surface area (Å²) in [6.45, 7) is 2.52. The van der Waals surface area contributed by atoms with Gasteiger partial charge in [-0.25, -0.2) is 0 Å². The lowest BCUT2D eigenvalue weighted by Gasteiger charge is -2.06. The van der Waals surface area contributed by atoms with E-state index in [1.165, 1.54) is 24.3 Å². The van der Waals surface area contributed by atoms with Crippen molar-refractivity contribution in [1.29, 1.82) is 0 Å². The molecule has 0 saturated heterocycles. The lowest BCUT2D eigenvalue weighted by Crippen LogP contribution is -2.26. The lowest BCUT2D eigenvalue weighted by molar-refractivity contribution is 0.0956. The van der Waals surface area contributed by atoms with Crippen LogP contribution in [0.5, 0.6) is 0 Å². The van der Waals surface area contributed by atoms with Crippen LogP contribution in [0.25, 0.3) is 0 Å². The summed E-state index contributed by atoms with van der Waals surface area (Å²) in [5.41, 5.74) is -0.0480. The number of thiophene rings is 1. The minimum Gasteiger partial charge on any atom is -0.351 e. The van der Waals surface area contributed by atoms with Crippen molar-refractivity contribution in [2.24, 2.45) is 0 Å². The van der Waals surface area contributed by atoms with Gasteiger partial charge in [0.2, 0.25) is 5.56 Å². The van der Waals surface area contributed by atoms with E-state index in [2.05, 4.69) is 5.32 Å². The second-order valence-corrected chi connectivity index (χ2v) is 5.65. The molecule has 0 aliphatic heterocycles. The van der Waals surface area contributed by atoms with Crippen molar-refractivity contribution in [3.63, 3.8) is 0 Å². The molecule has 1 N–H and O–H groups in total. The molecule has 0 aliphatic rings. The summed E-state index contributed by atoms with van der Waals surface area (Å²) < 4.78 is 1.60. The highest BCUT2D eigenvalue weighted by Crippen LogP contribution is 2.16. The van der Waals surface area contributed by atoms with Crippen molar-refractivity contribution in [2.45, 2.75) is 19.9 Å². The summed E-state index contributed by atoms with van der Waals surface area (Å²) >= 11 is 1.19. The highest BCUT2D eigenvalue weighted by Gasteiger charge is 2.10. The van der Waals surface area contributed by atoms with Gasteiger partial charge in [-0.15, -0.1) is 11.3 Å². The SMILES string of the molecule is CC(=O)c1ccc(C(=O)NCCCn2ccccc2=O)s1. The Morgan fingerprint density at radius 1 is 1.19 bits per heavy atom. The van der Waals surface area contributed by atoms with Crippen molar-refractivity contribution in [1.82, 2.24) is 9.88 Å². The molecule has 0 bridgehead atoms. The molecule has 110 valence electrons. The summed E-state index contributed by atoms with van der Waals surface area (Å²) in [6.07, 6.45) is 2.39. The first kappa shape index (κ1) is 15.2. The van der Waals surface area contributed by atoms with Gasteiger partial charge in [0.15, 0.2) is 5.78 Å². The Kier molecular flexibility index (Phi) is 5.05. The fourth-order valence-corrected chi connectivity index (χ4v) is 2.65. The second-order valence-electron chi connectivity index (χ2n) is 4.56. The quantitative estimate of drug-likeness (QED) is 0.655. The number of aryl methyl sites for hydroxylation is 1. The molecule has 0 atom stereocenters. The molecule has 21 heavy (non-hydrogen) atoms. The van der Waals surface area contributed by atoms with E-state index in [0.29, 0.717) is 29.3 Å². The molecule has 2 rings (SSSR count). The Labute approximate surface area is 126 Å². The smallest absolute Gasteiger partial charge is 0.261 e. The number of aromatic nitrogens is 1. The maximum atomic E-state index is 11.9. The number of ketones is 1. The molecule has 0 aliphatic carbocycles. The standard InChI is InChI=1S/C15H16N2O3S/c1-11(18)12-6-7-13(21-12)15(20)16-8-4-10-17-9-3-2-5-14(17)19/h2-3,5-7,9H,4,8,10H2,1H3,(H,16,20). The molecule has 2 aromatic rings. The van der Waals surface area contributed by atoms with E-state index in [1.54, 1.807) is 35.0 Å². The number of carbonyl (C=O) groups excluding carboxylic acids is 2. The molecule has 1 amide bonds. The van der Waals surface area contributed by atoms with E-state index < -0.39 is 0 Å². The minimum atomic E-state index is -0.187. The highest BCUT2D eigenvalue weighted by atomic mass is 32.1. The number of nitrogens with zero attached hydrogens (tertiary/aromatic N) is 1. The van der Waals surface area contributed by atoms with Crippen LogP contribution < -0.4 is 10.9 Å². The first-order chi connectivity index (χ1) is 10.1. The zero-order valence-corrected chi connectivity index (χ0v) is 12.5. The van der Waals surface area contributed by atoms with Crippen LogP contribution in [0.4, 0.5) is 0 Å². The molecular formula is C15H16N2O3S. The maximum Gasteiger partial charge on any atom is 0.261 e. The van der Waals surface area contributed by atoms with E-state index in [1.807, 2.05) is 0 Å². The Hall–Kier alpha value is -2.21. The van der Waals surface area contributed by atoms with Crippen molar-refractivity contribution >= 4 is 23.0 Å². The largest absolute Gasteiger partial charge is 0.351 e. The third-order valence-corrected chi connectivity index (χ3v) is 4.12. The van der Waals surface area contributed by atoms with Crippen LogP contribution >= 0.6 is 11.3 Å². The van der Waals surface area contributed by atoms with Gasteiger partial charge in [-0.3, -0.25) is 14.4 Å². The van der Waals surface area contributed by atoms with Gasteiger partial charge in [-0.2, -0.15) is 0 Å². The monoisotopic (exact) mass is 304 g/mol. The zero-order valence-electron chi connectivity index (χ0n) is 11.7. The van der Waals surface area contributed by atoms with Crippen LogP contribution in [0, 0.1) is 0 Å². The number of Topliss-reactive ketones (excluding diaryl/α,β-unsaturated/α-hetero) is 1. The molecule has 2 aromatic heterocycles. The van der Waals surface area contributed by atoms with Crippen molar-refractivity contribution < 1.29 is 9.59 Å². The van der Waals surface area contributed by atoms with Gasteiger partial charge >= 0.3 is 0 Å². The third kappa shape index (κ3) is 4.13. The summed E-state index contributed by atoms with van der Waals surface area (Å²) in [6, 6.07) is 8.32. The zero-order chi connectivity index (χ0) is 15.2. The fraction of sp³-hybridized carbons (Fsp3) is 0.267. The molecule has 0 radical (unpaired) electrons. The van der Waals surface area contributed by atoms with Gasteiger partial charge in [-0.05, 0) is 31.5 Å². The van der Waals surface area contributed by atoms with Crippen molar-refractivity contribution in [2.75, 3.05) is 6.54 Å². The Balaban J connectivity index is 1.80. The van der Waals surface area contributed by atoms with Crippen LogP contribution in [-0.2, 0) is 6.54 Å². The van der Waals surface area contributed by atoms with E-state index in [4.69, 9.17) is 0 Å². The number of rotatable bonds is 6. The predicted molar refractivity (Wildman–Crippen MR) is 82.0 cm³/mol. The number of amides is 1. The molecule has 0 saturated carbocycles. The summed E-state index contributed by atoms with van der Waals surface area (Å²) in [4.78, 5) is 35.6. The molecule has 0 unspecified atom stereocenters. The average molecular weight is 304 g/mol. The number of nitrogens with one attached hydrogen (secondary N) is 1. The minimum absolute atomic E-state index is 0.0393. The van der Waals surface area contributed by atoms with E-state index in [-0.39, 0.29) is 17.2 Å². The summed E-state index contributed by atoms with van der Waals surface area (Å²) in [5.74, 6) is -0.226. The first-order valence-electron chi connectivity index (χ1n) is 6.62. The predicted octanol–water partition coefficient (Wildman–Crippen LogP) is 1.93. The van der Waals surface area contributed by atoms with Crippen LogP contribution in [0.3, 0.4) is 0 Å². The Morgan fingerprint density at radius 2 is 1.95 bits per heavy atom. The number of pyridine rings is 1. The second kappa shape index (κ2) is 6.99.